The maximum absolute atomic E-state index is 13.3. The van der Waals surface area contributed by atoms with E-state index < -0.39 is 5.41 Å². The smallest absolute Gasteiger partial charge is 0.231 e. The Morgan fingerprint density at radius 3 is 2.19 bits per heavy atom. The number of Topliss-reactive ketones (excluding diaryl/α,β-unsaturated/α-hetero) is 1. The molecule has 2 saturated carbocycles. The van der Waals surface area contributed by atoms with Gasteiger partial charge in [-0.15, -0.1) is 0 Å². The van der Waals surface area contributed by atoms with Crippen LogP contribution in [0.1, 0.15) is 33.6 Å². The number of rotatable bonds is 1. The lowest BCUT2D eigenvalue weighted by molar-refractivity contribution is -0.148. The van der Waals surface area contributed by atoms with Crippen LogP contribution in [0.25, 0.3) is 0 Å². The Kier molecular flexibility index (Phi) is 3.35. The maximum atomic E-state index is 13.3. The molecular formula is C16H25BrN2O2. The van der Waals surface area contributed by atoms with E-state index in [9.17, 15) is 9.59 Å². The van der Waals surface area contributed by atoms with Gasteiger partial charge >= 0.3 is 0 Å². The average Bonchev–Trinajstić information content (AvgIpc) is 2.71. The Labute approximate surface area is 135 Å². The van der Waals surface area contributed by atoms with Crippen molar-refractivity contribution < 1.29 is 9.59 Å². The van der Waals surface area contributed by atoms with E-state index in [0.29, 0.717) is 0 Å². The third kappa shape index (κ3) is 1.65. The number of piperazine rings is 1. The second kappa shape index (κ2) is 4.54. The highest BCUT2D eigenvalue weighted by atomic mass is 79.9. The maximum Gasteiger partial charge on any atom is 0.231 e. The van der Waals surface area contributed by atoms with E-state index in [4.69, 9.17) is 0 Å². The van der Waals surface area contributed by atoms with E-state index in [-0.39, 0.29) is 27.3 Å². The number of amides is 1. The molecule has 2 bridgehead atoms. The molecule has 0 aromatic heterocycles. The monoisotopic (exact) mass is 356 g/mol. The van der Waals surface area contributed by atoms with Crippen molar-refractivity contribution in [3.8, 4) is 0 Å². The second-order valence-corrected chi connectivity index (χ2v) is 8.67. The van der Waals surface area contributed by atoms with Crippen LogP contribution in [0.3, 0.4) is 0 Å². The third-order valence-corrected chi connectivity index (χ3v) is 8.09. The zero-order valence-corrected chi connectivity index (χ0v) is 15.0. The SMILES string of the molecule is CN1CCN(C(=O)[C@]23CC[C@@](C)(C(=O)[C@H]2Br)C3(C)C)CC1. The molecule has 1 heterocycles. The number of fused-ring (bicyclic) bond motifs is 2. The molecule has 4 nitrogen and oxygen atoms in total. The first-order valence-electron chi connectivity index (χ1n) is 7.85. The van der Waals surface area contributed by atoms with Crippen molar-refractivity contribution in [1.29, 1.82) is 0 Å². The number of carbonyl (C=O) groups is 2. The molecule has 0 N–H and O–H groups in total. The second-order valence-electron chi connectivity index (χ2n) is 7.75. The van der Waals surface area contributed by atoms with Crippen molar-refractivity contribution in [3.63, 3.8) is 0 Å². The van der Waals surface area contributed by atoms with Crippen molar-refractivity contribution in [2.24, 2.45) is 16.2 Å². The van der Waals surface area contributed by atoms with Gasteiger partial charge in [0.05, 0.1) is 10.2 Å². The Balaban J connectivity index is 1.96. The lowest BCUT2D eigenvalue weighted by Gasteiger charge is -2.44. The fourth-order valence-electron chi connectivity index (χ4n) is 4.72. The molecule has 118 valence electrons. The summed E-state index contributed by atoms with van der Waals surface area (Å²) >= 11 is 3.60. The van der Waals surface area contributed by atoms with Crippen LogP contribution >= 0.6 is 15.9 Å². The van der Waals surface area contributed by atoms with Gasteiger partial charge in [-0.05, 0) is 25.3 Å². The van der Waals surface area contributed by atoms with Gasteiger partial charge in [0.25, 0.3) is 0 Å². The van der Waals surface area contributed by atoms with Crippen LogP contribution in [0.15, 0.2) is 0 Å². The summed E-state index contributed by atoms with van der Waals surface area (Å²) < 4.78 is 0. The van der Waals surface area contributed by atoms with Gasteiger partial charge in [-0.3, -0.25) is 9.59 Å². The molecule has 3 fully saturated rings. The van der Waals surface area contributed by atoms with Crippen molar-refractivity contribution >= 4 is 27.6 Å². The number of hydrogen-bond acceptors (Lipinski definition) is 3. The van der Waals surface area contributed by atoms with Gasteiger partial charge in [0.1, 0.15) is 0 Å². The Hall–Kier alpha value is -0.420. The minimum absolute atomic E-state index is 0.192. The van der Waals surface area contributed by atoms with Crippen LogP contribution in [0.4, 0.5) is 0 Å². The molecule has 0 spiro atoms. The largest absolute Gasteiger partial charge is 0.340 e. The summed E-state index contributed by atoms with van der Waals surface area (Å²) in [6, 6.07) is 0. The van der Waals surface area contributed by atoms with Crippen molar-refractivity contribution in [3.05, 3.63) is 0 Å². The number of likely N-dealkylation sites (N-methyl/N-ethyl adjacent to an activating group) is 1. The molecule has 1 aliphatic heterocycles. The predicted molar refractivity (Wildman–Crippen MR) is 85.4 cm³/mol. The minimum atomic E-state index is -0.561. The predicted octanol–water partition coefficient (Wildman–Crippen LogP) is 1.92. The number of ketones is 1. The molecule has 3 atom stereocenters. The lowest BCUT2D eigenvalue weighted by Crippen LogP contribution is -2.56. The van der Waals surface area contributed by atoms with Gasteiger partial charge in [0.15, 0.2) is 5.78 Å². The van der Waals surface area contributed by atoms with Gasteiger partial charge < -0.3 is 9.80 Å². The fourth-order valence-corrected chi connectivity index (χ4v) is 6.22. The number of alkyl halides is 1. The molecule has 5 heteroatoms. The standard InChI is InChI=1S/C16H25BrN2O2/c1-14(2)15(3)5-6-16(14,11(17)12(15)20)13(21)19-9-7-18(4)8-10-19/h11H,5-10H2,1-4H3/t11-,15+,16+/m1/s1. The Morgan fingerprint density at radius 2 is 1.71 bits per heavy atom. The summed E-state index contributed by atoms with van der Waals surface area (Å²) in [5.74, 6) is 0.415. The van der Waals surface area contributed by atoms with E-state index >= 15 is 0 Å². The van der Waals surface area contributed by atoms with Gasteiger partial charge in [-0.25, -0.2) is 0 Å². The summed E-state index contributed by atoms with van der Waals surface area (Å²) in [7, 11) is 2.09. The lowest BCUT2D eigenvalue weighted by atomic mass is 9.64. The molecule has 21 heavy (non-hydrogen) atoms. The third-order valence-electron chi connectivity index (χ3n) is 6.89. The summed E-state index contributed by atoms with van der Waals surface area (Å²) in [5, 5.41) is 0. The molecule has 0 aromatic rings. The average molecular weight is 357 g/mol. The van der Waals surface area contributed by atoms with Crippen LogP contribution in [0.2, 0.25) is 0 Å². The van der Waals surface area contributed by atoms with Crippen molar-refractivity contribution in [2.45, 2.75) is 38.4 Å². The molecule has 2 aliphatic carbocycles. The molecule has 3 aliphatic rings. The normalized spacial score (nSPS) is 42.6. The van der Waals surface area contributed by atoms with E-state index in [0.717, 1.165) is 39.0 Å². The summed E-state index contributed by atoms with van der Waals surface area (Å²) in [6.07, 6.45) is 1.66. The minimum Gasteiger partial charge on any atom is -0.340 e. The van der Waals surface area contributed by atoms with Crippen LogP contribution < -0.4 is 0 Å². The summed E-state index contributed by atoms with van der Waals surface area (Å²) in [6.45, 7) is 9.67. The van der Waals surface area contributed by atoms with Crippen LogP contribution in [-0.2, 0) is 9.59 Å². The van der Waals surface area contributed by atoms with Crippen molar-refractivity contribution in [1.82, 2.24) is 9.80 Å². The quantitative estimate of drug-likeness (QED) is 0.674. The molecule has 0 unspecified atom stereocenters. The first kappa shape index (κ1) is 15.5. The first-order valence-corrected chi connectivity index (χ1v) is 8.76. The van der Waals surface area contributed by atoms with Crippen LogP contribution in [-0.4, -0.2) is 59.5 Å². The molecule has 0 radical (unpaired) electrons. The number of halogens is 1. The van der Waals surface area contributed by atoms with Gasteiger partial charge in [-0.1, -0.05) is 36.7 Å². The van der Waals surface area contributed by atoms with Crippen molar-refractivity contribution in [2.75, 3.05) is 33.2 Å². The molecule has 1 saturated heterocycles. The number of hydrogen-bond donors (Lipinski definition) is 0. The highest BCUT2D eigenvalue weighted by molar-refractivity contribution is 9.10. The summed E-state index contributed by atoms with van der Waals surface area (Å²) in [5.41, 5.74) is -1.22. The number of nitrogens with zero attached hydrogens (tertiary/aromatic N) is 2. The van der Waals surface area contributed by atoms with Gasteiger partial charge in [-0.2, -0.15) is 0 Å². The van der Waals surface area contributed by atoms with Gasteiger partial charge in [0.2, 0.25) is 5.91 Å². The topological polar surface area (TPSA) is 40.6 Å². The fraction of sp³-hybridized carbons (Fsp3) is 0.875. The summed E-state index contributed by atoms with van der Waals surface area (Å²) in [4.78, 5) is 30.0. The molecule has 1 amide bonds. The van der Waals surface area contributed by atoms with E-state index in [1.807, 2.05) is 4.90 Å². The molecule has 0 aromatic carbocycles. The zero-order chi connectivity index (χ0) is 15.6. The Bertz CT molecular complexity index is 499. The van der Waals surface area contributed by atoms with E-state index in [1.54, 1.807) is 0 Å². The van der Waals surface area contributed by atoms with Crippen LogP contribution in [0.5, 0.6) is 0 Å². The molecular weight excluding hydrogens is 332 g/mol. The number of carbonyl (C=O) groups excluding carboxylic acids is 2. The van der Waals surface area contributed by atoms with E-state index in [2.05, 4.69) is 48.6 Å². The van der Waals surface area contributed by atoms with E-state index in [1.165, 1.54) is 0 Å². The first-order chi connectivity index (χ1) is 9.68. The highest BCUT2D eigenvalue weighted by Gasteiger charge is 2.77. The molecule has 3 rings (SSSR count). The van der Waals surface area contributed by atoms with Crippen LogP contribution in [0, 0.1) is 16.2 Å². The zero-order valence-electron chi connectivity index (χ0n) is 13.4. The van der Waals surface area contributed by atoms with Gasteiger partial charge in [0, 0.05) is 31.6 Å². The Morgan fingerprint density at radius 1 is 1.14 bits per heavy atom. The highest BCUT2D eigenvalue weighted by Crippen LogP contribution is 2.72.